The number of carbonyl (C=O) groups excluding carboxylic acids is 2. The van der Waals surface area contributed by atoms with Crippen molar-refractivity contribution in [1.82, 2.24) is 15.1 Å². The molecule has 0 unspecified atom stereocenters. The number of aryl methyl sites for hydroxylation is 3. The van der Waals surface area contributed by atoms with Gasteiger partial charge in [-0.2, -0.15) is 0 Å². The smallest absolute Gasteiger partial charge is 0.322 e. The van der Waals surface area contributed by atoms with Crippen molar-refractivity contribution in [1.29, 1.82) is 0 Å². The van der Waals surface area contributed by atoms with Crippen LogP contribution in [0.3, 0.4) is 0 Å². The predicted octanol–water partition coefficient (Wildman–Crippen LogP) is 3.60. The minimum Gasteiger partial charge on any atom is -0.329 e. The summed E-state index contributed by atoms with van der Waals surface area (Å²) < 4.78 is 0. The molecule has 0 fully saturated rings. The molecule has 0 bridgehead atoms. The summed E-state index contributed by atoms with van der Waals surface area (Å²) in [5.74, 6) is -0.00617. The fourth-order valence-electron chi connectivity index (χ4n) is 4.08. The number of amides is 3. The third kappa shape index (κ3) is 2.97. The maximum Gasteiger partial charge on any atom is 0.322 e. The lowest BCUT2D eigenvalue weighted by Gasteiger charge is -2.32. The van der Waals surface area contributed by atoms with Crippen molar-refractivity contribution in [2.75, 3.05) is 13.6 Å². The van der Waals surface area contributed by atoms with Crippen LogP contribution in [0.15, 0.2) is 53.7 Å². The molecule has 2 aliphatic rings. The first kappa shape index (κ1) is 18.3. The van der Waals surface area contributed by atoms with Gasteiger partial charge in [-0.25, -0.2) is 4.79 Å². The minimum absolute atomic E-state index is 0.00617. The van der Waals surface area contributed by atoms with Gasteiger partial charge in [-0.3, -0.25) is 9.69 Å². The lowest BCUT2D eigenvalue weighted by Crippen LogP contribution is -2.45. The van der Waals surface area contributed by atoms with E-state index in [1.165, 1.54) is 5.56 Å². The Hall–Kier alpha value is -3.08. The van der Waals surface area contributed by atoms with Crippen LogP contribution in [0.2, 0.25) is 0 Å². The van der Waals surface area contributed by atoms with Gasteiger partial charge in [-0.05, 0) is 48.6 Å². The van der Waals surface area contributed by atoms with E-state index in [1.807, 2.05) is 42.2 Å². The Kier molecular flexibility index (Phi) is 4.46. The van der Waals surface area contributed by atoms with E-state index in [-0.39, 0.29) is 11.9 Å². The van der Waals surface area contributed by atoms with Crippen LogP contribution < -0.4 is 5.32 Å². The quantitative estimate of drug-likeness (QED) is 0.891. The van der Waals surface area contributed by atoms with Crippen molar-refractivity contribution in [2.45, 2.75) is 33.4 Å². The highest BCUT2D eigenvalue weighted by molar-refractivity contribution is 6.01. The lowest BCUT2D eigenvalue weighted by molar-refractivity contribution is -0.126. The van der Waals surface area contributed by atoms with Gasteiger partial charge in [0.25, 0.3) is 5.91 Å². The Morgan fingerprint density at radius 2 is 1.68 bits per heavy atom. The largest absolute Gasteiger partial charge is 0.329 e. The molecule has 1 N–H and O–H groups in total. The summed E-state index contributed by atoms with van der Waals surface area (Å²) in [6, 6.07) is 13.6. The molecular formula is C23H25N3O2. The van der Waals surface area contributed by atoms with Gasteiger partial charge in [-0.15, -0.1) is 0 Å². The zero-order valence-corrected chi connectivity index (χ0v) is 16.7. The average molecular weight is 375 g/mol. The molecule has 2 aromatic rings. The Labute approximate surface area is 165 Å². The van der Waals surface area contributed by atoms with Gasteiger partial charge in [0.05, 0.1) is 23.9 Å². The summed E-state index contributed by atoms with van der Waals surface area (Å²) in [5, 5.41) is 3.04. The van der Waals surface area contributed by atoms with E-state index in [0.717, 1.165) is 28.0 Å². The van der Waals surface area contributed by atoms with Gasteiger partial charge in [0.1, 0.15) is 0 Å². The first-order chi connectivity index (χ1) is 13.4. The maximum atomic E-state index is 13.3. The first-order valence-electron chi connectivity index (χ1n) is 9.55. The van der Waals surface area contributed by atoms with Crippen LogP contribution in [0.4, 0.5) is 4.79 Å². The van der Waals surface area contributed by atoms with Crippen LogP contribution in [0.25, 0.3) is 0 Å². The fraction of sp³-hybridized carbons (Fsp3) is 0.304. The standard InChI is InChI=1S/C23H25N3O2/c1-14-10-16(3)18(11-15(14)2)21-20-19(25(4)23(28)24-21)13-26(22(20)27)12-17-8-6-5-7-9-17/h5-11,21H,12-13H2,1-4H3,(H,24,28)/t21-/m1/s1. The van der Waals surface area contributed by atoms with E-state index in [4.69, 9.17) is 0 Å². The Morgan fingerprint density at radius 3 is 2.39 bits per heavy atom. The molecule has 0 saturated heterocycles. The highest BCUT2D eigenvalue weighted by Crippen LogP contribution is 2.37. The number of urea groups is 1. The van der Waals surface area contributed by atoms with Crippen LogP contribution >= 0.6 is 0 Å². The zero-order chi connectivity index (χ0) is 20.0. The van der Waals surface area contributed by atoms with Crippen molar-refractivity contribution in [3.63, 3.8) is 0 Å². The van der Waals surface area contributed by atoms with Gasteiger partial charge in [0.15, 0.2) is 0 Å². The number of benzene rings is 2. The summed E-state index contributed by atoms with van der Waals surface area (Å²) in [6.07, 6.45) is 0. The van der Waals surface area contributed by atoms with E-state index in [0.29, 0.717) is 18.7 Å². The predicted molar refractivity (Wildman–Crippen MR) is 109 cm³/mol. The molecule has 3 amide bonds. The van der Waals surface area contributed by atoms with Gasteiger partial charge in [-0.1, -0.05) is 42.5 Å². The normalized spacial score (nSPS) is 19.2. The topological polar surface area (TPSA) is 52.7 Å². The highest BCUT2D eigenvalue weighted by Gasteiger charge is 2.43. The second-order valence-electron chi connectivity index (χ2n) is 7.74. The van der Waals surface area contributed by atoms with Crippen LogP contribution in [0, 0.1) is 20.8 Å². The Balaban J connectivity index is 1.73. The van der Waals surface area contributed by atoms with Gasteiger partial charge >= 0.3 is 6.03 Å². The SMILES string of the molecule is Cc1cc(C)c([C@H]2NC(=O)N(C)C3=C2C(=O)N(Cc2ccccc2)C3)cc1C. The van der Waals surface area contributed by atoms with Crippen molar-refractivity contribution in [3.05, 3.63) is 81.6 Å². The van der Waals surface area contributed by atoms with E-state index in [1.54, 1.807) is 11.9 Å². The van der Waals surface area contributed by atoms with Crippen molar-refractivity contribution in [2.24, 2.45) is 0 Å². The van der Waals surface area contributed by atoms with Crippen LogP contribution in [-0.2, 0) is 11.3 Å². The van der Waals surface area contributed by atoms with Crippen molar-refractivity contribution in [3.8, 4) is 0 Å². The second kappa shape index (κ2) is 6.82. The lowest BCUT2D eigenvalue weighted by atomic mass is 9.90. The Morgan fingerprint density at radius 1 is 1.00 bits per heavy atom. The molecule has 2 aromatic carbocycles. The second-order valence-corrected chi connectivity index (χ2v) is 7.74. The molecule has 5 nitrogen and oxygen atoms in total. The molecule has 2 aliphatic heterocycles. The molecular weight excluding hydrogens is 350 g/mol. The number of nitrogens with zero attached hydrogens (tertiary/aromatic N) is 2. The number of carbonyl (C=O) groups is 2. The molecule has 28 heavy (non-hydrogen) atoms. The molecule has 1 atom stereocenters. The van der Waals surface area contributed by atoms with Gasteiger partial charge in [0.2, 0.25) is 0 Å². The number of hydrogen-bond donors (Lipinski definition) is 1. The summed E-state index contributed by atoms with van der Waals surface area (Å²) in [5.41, 5.74) is 7.00. The number of hydrogen-bond acceptors (Lipinski definition) is 2. The van der Waals surface area contributed by atoms with Crippen molar-refractivity contribution < 1.29 is 9.59 Å². The van der Waals surface area contributed by atoms with E-state index < -0.39 is 6.04 Å². The summed E-state index contributed by atoms with van der Waals surface area (Å²) in [6.45, 7) is 7.16. The Bertz CT molecular complexity index is 994. The van der Waals surface area contributed by atoms with Gasteiger partial charge < -0.3 is 10.2 Å². The van der Waals surface area contributed by atoms with Gasteiger partial charge in [0, 0.05) is 13.6 Å². The minimum atomic E-state index is -0.411. The highest BCUT2D eigenvalue weighted by atomic mass is 16.2. The summed E-state index contributed by atoms with van der Waals surface area (Å²) in [7, 11) is 1.73. The molecule has 5 heteroatoms. The number of likely N-dealkylation sites (N-methyl/N-ethyl adjacent to an activating group) is 1. The molecule has 0 spiro atoms. The molecule has 2 heterocycles. The number of rotatable bonds is 3. The number of nitrogens with one attached hydrogen (secondary N) is 1. The van der Waals surface area contributed by atoms with E-state index in [2.05, 4.69) is 31.3 Å². The monoisotopic (exact) mass is 375 g/mol. The van der Waals surface area contributed by atoms with Crippen molar-refractivity contribution >= 4 is 11.9 Å². The van der Waals surface area contributed by atoms with E-state index in [9.17, 15) is 9.59 Å². The molecule has 0 aromatic heterocycles. The fourth-order valence-corrected chi connectivity index (χ4v) is 4.08. The third-order valence-corrected chi connectivity index (χ3v) is 5.84. The van der Waals surface area contributed by atoms with Crippen LogP contribution in [0.1, 0.15) is 33.9 Å². The molecule has 4 rings (SSSR count). The molecule has 0 saturated carbocycles. The summed E-state index contributed by atoms with van der Waals surface area (Å²) >= 11 is 0. The third-order valence-electron chi connectivity index (χ3n) is 5.84. The first-order valence-corrected chi connectivity index (χ1v) is 9.55. The maximum absolute atomic E-state index is 13.3. The summed E-state index contributed by atoms with van der Waals surface area (Å²) in [4.78, 5) is 29.3. The molecule has 0 aliphatic carbocycles. The molecule has 144 valence electrons. The van der Waals surface area contributed by atoms with E-state index >= 15 is 0 Å². The molecule has 0 radical (unpaired) electrons. The average Bonchev–Trinajstić information content (AvgIpc) is 2.99. The van der Waals surface area contributed by atoms with Crippen LogP contribution in [0.5, 0.6) is 0 Å². The zero-order valence-electron chi connectivity index (χ0n) is 16.7. The van der Waals surface area contributed by atoms with Crippen LogP contribution in [-0.4, -0.2) is 35.3 Å².